The molecule has 0 bridgehead atoms. The molecule has 3 N–H and O–H groups in total. The Balaban J connectivity index is 0.00000137. The van der Waals surface area contributed by atoms with Crippen LogP contribution in [0.25, 0.3) is 0 Å². The molecule has 1 rings (SSSR count). The summed E-state index contributed by atoms with van der Waals surface area (Å²) in [7, 11) is 0. The molecule has 1 unspecified atom stereocenters. The summed E-state index contributed by atoms with van der Waals surface area (Å²) >= 11 is 0. The molecular formula is C15H28N2O. The molecule has 3 heteroatoms. The molecule has 1 saturated heterocycles. The minimum atomic E-state index is 0.404. The Hall–Kier alpha value is -1.06. The Bertz CT molecular complexity index is 283. The van der Waals surface area contributed by atoms with Crippen molar-refractivity contribution in [1.82, 2.24) is 5.32 Å². The van der Waals surface area contributed by atoms with Gasteiger partial charge in [-0.1, -0.05) is 32.1 Å². The second-order valence-electron chi connectivity index (χ2n) is 4.09. The third-order valence-corrected chi connectivity index (χ3v) is 2.40. The molecule has 1 heterocycles. The molecule has 1 aliphatic heterocycles. The van der Waals surface area contributed by atoms with Gasteiger partial charge in [0.25, 0.3) is 0 Å². The van der Waals surface area contributed by atoms with E-state index in [-0.39, 0.29) is 0 Å². The van der Waals surface area contributed by atoms with E-state index < -0.39 is 0 Å². The quantitative estimate of drug-likeness (QED) is 0.756. The van der Waals surface area contributed by atoms with Crippen molar-refractivity contribution in [2.24, 2.45) is 5.73 Å². The Kier molecular flexibility index (Phi) is 10.4. The second-order valence-corrected chi connectivity index (χ2v) is 4.09. The van der Waals surface area contributed by atoms with Crippen molar-refractivity contribution in [2.45, 2.75) is 40.2 Å². The molecule has 0 saturated carbocycles. The van der Waals surface area contributed by atoms with Crippen molar-refractivity contribution >= 4 is 0 Å². The Labute approximate surface area is 112 Å². The number of rotatable bonds is 4. The van der Waals surface area contributed by atoms with Crippen LogP contribution in [0.15, 0.2) is 35.6 Å². The maximum atomic E-state index is 5.71. The van der Waals surface area contributed by atoms with Crippen LogP contribution in [0, 0.1) is 0 Å². The van der Waals surface area contributed by atoms with Crippen LogP contribution in [-0.4, -0.2) is 25.8 Å². The number of ether oxygens (including phenoxy) is 1. The number of morpholine rings is 1. The zero-order valence-electron chi connectivity index (χ0n) is 12.2. The van der Waals surface area contributed by atoms with Crippen molar-refractivity contribution < 1.29 is 4.74 Å². The molecule has 0 aromatic rings. The van der Waals surface area contributed by atoms with E-state index in [1.807, 2.05) is 45.9 Å². The van der Waals surface area contributed by atoms with E-state index >= 15 is 0 Å². The van der Waals surface area contributed by atoms with E-state index in [1.54, 1.807) is 0 Å². The molecule has 1 atom stereocenters. The highest BCUT2D eigenvalue weighted by Crippen LogP contribution is 2.11. The van der Waals surface area contributed by atoms with Crippen LogP contribution in [-0.2, 0) is 4.74 Å². The normalized spacial score (nSPS) is 21.7. The summed E-state index contributed by atoms with van der Waals surface area (Å²) in [5.41, 5.74) is 7.79. The highest BCUT2D eigenvalue weighted by molar-refractivity contribution is 5.26. The zero-order chi connectivity index (χ0) is 13.8. The topological polar surface area (TPSA) is 47.3 Å². The fourth-order valence-corrected chi connectivity index (χ4v) is 1.72. The van der Waals surface area contributed by atoms with Gasteiger partial charge in [-0.15, -0.1) is 0 Å². The average Bonchev–Trinajstić information content (AvgIpc) is 2.39. The van der Waals surface area contributed by atoms with E-state index in [0.717, 1.165) is 31.9 Å². The van der Waals surface area contributed by atoms with Gasteiger partial charge in [0, 0.05) is 18.3 Å². The van der Waals surface area contributed by atoms with Gasteiger partial charge < -0.3 is 15.8 Å². The summed E-state index contributed by atoms with van der Waals surface area (Å²) < 4.78 is 5.43. The molecule has 3 nitrogen and oxygen atoms in total. The molecule has 0 aliphatic carbocycles. The number of allylic oxidation sites excluding steroid dienone is 5. The van der Waals surface area contributed by atoms with Gasteiger partial charge >= 0.3 is 0 Å². The standard InChI is InChI=1S/C13H22N2O.C2H6/c1-3-4-5-12(8-11(2)14)9-13-10-16-7-6-15-13;1-2/h3-5,8,13,15H,6-7,9-10,14H2,1-2H3;1-2H3/b4-3-,11-8+,12-5+;. The largest absolute Gasteiger partial charge is 0.402 e. The molecule has 0 aromatic carbocycles. The van der Waals surface area contributed by atoms with Gasteiger partial charge in [-0.2, -0.15) is 0 Å². The molecule has 0 radical (unpaired) electrons. The maximum absolute atomic E-state index is 5.71. The highest BCUT2D eigenvalue weighted by atomic mass is 16.5. The summed E-state index contributed by atoms with van der Waals surface area (Å²) in [5.74, 6) is 0. The zero-order valence-corrected chi connectivity index (χ0v) is 12.2. The molecule has 18 heavy (non-hydrogen) atoms. The first-order valence-corrected chi connectivity index (χ1v) is 6.79. The Morgan fingerprint density at radius 3 is 2.67 bits per heavy atom. The van der Waals surface area contributed by atoms with Crippen molar-refractivity contribution in [3.05, 3.63) is 35.6 Å². The van der Waals surface area contributed by atoms with Crippen LogP contribution in [0.4, 0.5) is 0 Å². The SMILES string of the molecule is CC.C\C=C/C=C(\C=C(/C)N)CC1COCCN1. The van der Waals surface area contributed by atoms with E-state index in [1.165, 1.54) is 5.57 Å². The molecule has 0 amide bonds. The summed E-state index contributed by atoms with van der Waals surface area (Å²) in [4.78, 5) is 0. The molecule has 0 spiro atoms. The predicted octanol–water partition coefficient (Wildman–Crippen LogP) is 2.76. The number of hydrogen-bond acceptors (Lipinski definition) is 3. The summed E-state index contributed by atoms with van der Waals surface area (Å²) in [5, 5.41) is 3.44. The van der Waals surface area contributed by atoms with Gasteiger partial charge in [0.1, 0.15) is 0 Å². The summed E-state index contributed by atoms with van der Waals surface area (Å²) in [6, 6.07) is 0.404. The number of nitrogens with two attached hydrogens (primary N) is 1. The Morgan fingerprint density at radius 2 is 2.17 bits per heavy atom. The van der Waals surface area contributed by atoms with Crippen molar-refractivity contribution in [3.8, 4) is 0 Å². The maximum Gasteiger partial charge on any atom is 0.0623 e. The van der Waals surface area contributed by atoms with Crippen LogP contribution in [0.5, 0.6) is 0 Å². The van der Waals surface area contributed by atoms with Crippen molar-refractivity contribution in [1.29, 1.82) is 0 Å². The smallest absolute Gasteiger partial charge is 0.0623 e. The minimum Gasteiger partial charge on any atom is -0.402 e. The molecule has 1 fully saturated rings. The first-order chi connectivity index (χ1) is 8.72. The van der Waals surface area contributed by atoms with Crippen LogP contribution < -0.4 is 11.1 Å². The minimum absolute atomic E-state index is 0.404. The van der Waals surface area contributed by atoms with Gasteiger partial charge in [-0.3, -0.25) is 0 Å². The monoisotopic (exact) mass is 252 g/mol. The van der Waals surface area contributed by atoms with Crippen molar-refractivity contribution in [2.75, 3.05) is 19.8 Å². The van der Waals surface area contributed by atoms with Crippen molar-refractivity contribution in [3.63, 3.8) is 0 Å². The van der Waals surface area contributed by atoms with Gasteiger partial charge in [0.05, 0.1) is 13.2 Å². The molecule has 104 valence electrons. The second kappa shape index (κ2) is 11.1. The van der Waals surface area contributed by atoms with Crippen LogP contribution >= 0.6 is 0 Å². The molecular weight excluding hydrogens is 224 g/mol. The average molecular weight is 252 g/mol. The van der Waals surface area contributed by atoms with E-state index in [9.17, 15) is 0 Å². The summed E-state index contributed by atoms with van der Waals surface area (Å²) in [6.45, 7) is 10.5. The third-order valence-electron chi connectivity index (χ3n) is 2.40. The van der Waals surface area contributed by atoms with E-state index in [2.05, 4.69) is 11.4 Å². The molecule has 1 aliphatic rings. The van der Waals surface area contributed by atoms with Gasteiger partial charge in [-0.05, 0) is 31.9 Å². The molecule has 0 aromatic heterocycles. The lowest BCUT2D eigenvalue weighted by atomic mass is 10.0. The lowest BCUT2D eigenvalue weighted by Gasteiger charge is -2.24. The highest BCUT2D eigenvalue weighted by Gasteiger charge is 2.13. The fraction of sp³-hybridized carbons (Fsp3) is 0.600. The fourth-order valence-electron chi connectivity index (χ4n) is 1.72. The number of hydrogen-bond donors (Lipinski definition) is 2. The lowest BCUT2D eigenvalue weighted by Crippen LogP contribution is -2.41. The lowest BCUT2D eigenvalue weighted by molar-refractivity contribution is 0.0772. The van der Waals surface area contributed by atoms with Gasteiger partial charge in [-0.25, -0.2) is 0 Å². The van der Waals surface area contributed by atoms with Crippen LogP contribution in [0.1, 0.15) is 34.1 Å². The van der Waals surface area contributed by atoms with Gasteiger partial charge in [0.15, 0.2) is 0 Å². The summed E-state index contributed by atoms with van der Waals surface area (Å²) in [6.07, 6.45) is 9.14. The Morgan fingerprint density at radius 1 is 1.44 bits per heavy atom. The van der Waals surface area contributed by atoms with Crippen LogP contribution in [0.3, 0.4) is 0 Å². The third kappa shape index (κ3) is 8.09. The van der Waals surface area contributed by atoms with E-state index in [0.29, 0.717) is 6.04 Å². The predicted molar refractivity (Wildman–Crippen MR) is 79.4 cm³/mol. The van der Waals surface area contributed by atoms with E-state index in [4.69, 9.17) is 10.5 Å². The number of nitrogens with one attached hydrogen (secondary N) is 1. The van der Waals surface area contributed by atoms with Gasteiger partial charge in [0.2, 0.25) is 0 Å². The first kappa shape index (κ1) is 16.9. The first-order valence-electron chi connectivity index (χ1n) is 6.79. The van der Waals surface area contributed by atoms with Crippen LogP contribution in [0.2, 0.25) is 0 Å².